The van der Waals surface area contributed by atoms with Crippen LogP contribution in [-0.2, 0) is 10.0 Å². The van der Waals surface area contributed by atoms with Gasteiger partial charge in [-0.05, 0) is 6.08 Å². The van der Waals surface area contributed by atoms with Gasteiger partial charge in [0, 0.05) is 0 Å². The van der Waals surface area contributed by atoms with Crippen LogP contribution >= 0.6 is 0 Å². The van der Waals surface area contributed by atoms with E-state index in [2.05, 4.69) is 13.2 Å². The number of rotatable bonds is 3. The topological polar surface area (TPSA) is 60.2 Å². The van der Waals surface area contributed by atoms with Crippen LogP contribution in [0.15, 0.2) is 36.3 Å². The van der Waals surface area contributed by atoms with Crippen molar-refractivity contribution in [1.29, 1.82) is 0 Å². The van der Waals surface area contributed by atoms with Crippen LogP contribution < -0.4 is 5.14 Å². The van der Waals surface area contributed by atoms with E-state index in [-0.39, 0.29) is 4.91 Å². The molecule has 0 heterocycles. The van der Waals surface area contributed by atoms with Gasteiger partial charge in [-0.2, -0.15) is 0 Å². The van der Waals surface area contributed by atoms with Gasteiger partial charge in [-0.25, -0.2) is 13.6 Å². The summed E-state index contributed by atoms with van der Waals surface area (Å²) in [5.74, 6) is 0. The summed E-state index contributed by atoms with van der Waals surface area (Å²) in [4.78, 5) is -0.118. The molecular formula is C6H9NO2S. The molecule has 0 saturated heterocycles. The van der Waals surface area contributed by atoms with Crippen LogP contribution in [0.1, 0.15) is 0 Å². The minimum atomic E-state index is -3.60. The van der Waals surface area contributed by atoms with Gasteiger partial charge in [0.05, 0.1) is 4.91 Å². The van der Waals surface area contributed by atoms with Crippen molar-refractivity contribution < 1.29 is 8.42 Å². The first kappa shape index (κ1) is 9.13. The molecule has 2 N–H and O–H groups in total. The lowest BCUT2D eigenvalue weighted by Crippen LogP contribution is -2.12. The van der Waals surface area contributed by atoms with E-state index in [0.717, 1.165) is 0 Å². The number of sulfonamides is 1. The van der Waals surface area contributed by atoms with Gasteiger partial charge in [0.15, 0.2) is 0 Å². The zero-order valence-electron chi connectivity index (χ0n) is 5.45. The maximum atomic E-state index is 10.4. The summed E-state index contributed by atoms with van der Waals surface area (Å²) in [6, 6.07) is 0. The van der Waals surface area contributed by atoms with Crippen molar-refractivity contribution in [2.75, 3.05) is 0 Å². The van der Waals surface area contributed by atoms with E-state index in [9.17, 15) is 8.42 Å². The minimum Gasteiger partial charge on any atom is -0.225 e. The number of primary sulfonamides is 1. The maximum Gasteiger partial charge on any atom is 0.237 e. The predicted octanol–water partition coefficient (Wildman–Crippen LogP) is 0.531. The van der Waals surface area contributed by atoms with Crippen molar-refractivity contribution in [2.24, 2.45) is 5.14 Å². The molecule has 0 atom stereocenters. The van der Waals surface area contributed by atoms with Gasteiger partial charge >= 0.3 is 0 Å². The Morgan fingerprint density at radius 2 is 2.00 bits per heavy atom. The fourth-order valence-corrected chi connectivity index (χ4v) is 0.538. The van der Waals surface area contributed by atoms with E-state index < -0.39 is 10.0 Å². The molecule has 0 bridgehead atoms. The monoisotopic (exact) mass is 159 g/mol. The number of hydrogen-bond donors (Lipinski definition) is 1. The molecule has 0 aliphatic carbocycles. The lowest BCUT2D eigenvalue weighted by Gasteiger charge is -1.91. The zero-order chi connectivity index (χ0) is 8.20. The van der Waals surface area contributed by atoms with Gasteiger partial charge in [-0.1, -0.05) is 25.3 Å². The second-order valence-corrected chi connectivity index (χ2v) is 3.22. The summed E-state index contributed by atoms with van der Waals surface area (Å²) < 4.78 is 20.9. The lowest BCUT2D eigenvalue weighted by atomic mass is 10.5. The molecule has 0 fully saturated rings. The van der Waals surface area contributed by atoms with Crippen molar-refractivity contribution in [2.45, 2.75) is 0 Å². The van der Waals surface area contributed by atoms with Crippen molar-refractivity contribution >= 4 is 10.0 Å². The number of allylic oxidation sites excluding steroid dienone is 3. The first-order chi connectivity index (χ1) is 4.48. The van der Waals surface area contributed by atoms with Crippen molar-refractivity contribution in [1.82, 2.24) is 0 Å². The molecule has 0 aliphatic heterocycles. The van der Waals surface area contributed by atoms with Crippen LogP contribution in [-0.4, -0.2) is 8.42 Å². The Hall–Kier alpha value is -0.870. The average Bonchev–Trinajstić information content (AvgIpc) is 1.80. The molecule has 0 radical (unpaired) electrons. The highest BCUT2D eigenvalue weighted by Crippen LogP contribution is 1.98. The molecule has 0 rings (SSSR count). The standard InChI is InChI=1S/C6H9NO2S/c1-3-4-5-6(2)10(7,8)9/h3-5H,1-2H2,(H2,7,8,9)/b5-4-. The fourth-order valence-electron chi connectivity index (χ4n) is 0.270. The second-order valence-electron chi connectivity index (χ2n) is 1.61. The largest absolute Gasteiger partial charge is 0.237 e. The van der Waals surface area contributed by atoms with E-state index in [4.69, 9.17) is 5.14 Å². The molecule has 56 valence electrons. The van der Waals surface area contributed by atoms with Gasteiger partial charge in [0.25, 0.3) is 0 Å². The Morgan fingerprint density at radius 3 is 2.30 bits per heavy atom. The molecular weight excluding hydrogens is 150 g/mol. The first-order valence-electron chi connectivity index (χ1n) is 2.49. The quantitative estimate of drug-likeness (QED) is 0.610. The predicted molar refractivity (Wildman–Crippen MR) is 41.6 cm³/mol. The Bertz CT molecular complexity index is 261. The normalized spacial score (nSPS) is 11.7. The third kappa shape index (κ3) is 3.21. The molecule has 3 nitrogen and oxygen atoms in total. The number of nitrogens with two attached hydrogens (primary N) is 1. The van der Waals surface area contributed by atoms with Gasteiger partial charge in [0.1, 0.15) is 0 Å². The zero-order valence-corrected chi connectivity index (χ0v) is 6.26. The van der Waals surface area contributed by atoms with Gasteiger partial charge in [-0.3, -0.25) is 0 Å². The van der Waals surface area contributed by atoms with Crippen LogP contribution in [0.4, 0.5) is 0 Å². The molecule has 0 unspecified atom stereocenters. The molecule has 10 heavy (non-hydrogen) atoms. The Kier molecular flexibility index (Phi) is 3.05. The highest BCUT2D eigenvalue weighted by molar-refractivity contribution is 7.93. The van der Waals surface area contributed by atoms with Crippen molar-refractivity contribution in [3.8, 4) is 0 Å². The van der Waals surface area contributed by atoms with Crippen LogP contribution in [0.3, 0.4) is 0 Å². The van der Waals surface area contributed by atoms with Crippen LogP contribution in [0.25, 0.3) is 0 Å². The molecule has 0 spiro atoms. The Morgan fingerprint density at radius 1 is 1.50 bits per heavy atom. The molecule has 4 heteroatoms. The highest BCUT2D eigenvalue weighted by Gasteiger charge is 2.02. The molecule has 0 aromatic carbocycles. The summed E-state index contributed by atoms with van der Waals surface area (Å²) >= 11 is 0. The third-order valence-corrected chi connectivity index (χ3v) is 1.65. The minimum absolute atomic E-state index is 0.118. The average molecular weight is 159 g/mol. The summed E-state index contributed by atoms with van der Waals surface area (Å²) in [6.07, 6.45) is 4.17. The van der Waals surface area contributed by atoms with Gasteiger partial charge < -0.3 is 0 Å². The lowest BCUT2D eigenvalue weighted by molar-refractivity contribution is 0.604. The second kappa shape index (κ2) is 3.34. The van der Waals surface area contributed by atoms with E-state index in [1.54, 1.807) is 0 Å². The summed E-state index contributed by atoms with van der Waals surface area (Å²) in [7, 11) is -3.60. The molecule has 0 aromatic rings. The highest BCUT2D eigenvalue weighted by atomic mass is 32.2. The smallest absolute Gasteiger partial charge is 0.225 e. The molecule has 0 aliphatic rings. The Balaban J connectivity index is 4.42. The molecule has 0 amide bonds. The van der Waals surface area contributed by atoms with Crippen LogP contribution in [0.2, 0.25) is 0 Å². The SMILES string of the molecule is C=C/C=C\C(=C)S(N)(=O)=O. The third-order valence-electron chi connectivity index (χ3n) is 0.784. The van der Waals surface area contributed by atoms with Crippen LogP contribution in [0, 0.1) is 0 Å². The van der Waals surface area contributed by atoms with Crippen molar-refractivity contribution in [3.63, 3.8) is 0 Å². The molecule has 0 saturated carbocycles. The van der Waals surface area contributed by atoms with Crippen molar-refractivity contribution in [3.05, 3.63) is 36.3 Å². The van der Waals surface area contributed by atoms with Gasteiger partial charge in [0.2, 0.25) is 10.0 Å². The summed E-state index contributed by atoms with van der Waals surface area (Å²) in [5.41, 5.74) is 0. The van der Waals surface area contributed by atoms with Crippen LogP contribution in [0.5, 0.6) is 0 Å². The van der Waals surface area contributed by atoms with E-state index >= 15 is 0 Å². The summed E-state index contributed by atoms with van der Waals surface area (Å²) in [6.45, 7) is 6.57. The first-order valence-corrected chi connectivity index (χ1v) is 4.04. The number of hydrogen-bond acceptors (Lipinski definition) is 2. The van der Waals surface area contributed by atoms with E-state index in [1.165, 1.54) is 18.2 Å². The Labute approximate surface area is 60.6 Å². The van der Waals surface area contributed by atoms with E-state index in [1.807, 2.05) is 0 Å². The molecule has 0 aromatic heterocycles. The fraction of sp³-hybridized carbons (Fsp3) is 0. The maximum absolute atomic E-state index is 10.4. The summed E-state index contributed by atoms with van der Waals surface area (Å²) in [5, 5.41) is 4.71. The van der Waals surface area contributed by atoms with Gasteiger partial charge in [-0.15, -0.1) is 0 Å². The van der Waals surface area contributed by atoms with E-state index in [0.29, 0.717) is 0 Å².